The van der Waals surface area contributed by atoms with Crippen molar-refractivity contribution in [1.29, 1.82) is 0 Å². The highest BCUT2D eigenvalue weighted by Crippen LogP contribution is 2.54. The standard InChI is InChI=1S/C52H77NO11/c1-11-14-16-17-20-34(19-15-12-2)51(56)53(7)43-25-26-46(60-32(43)5)64-44-22-18-21-36(13-3)62-45(54)30-41-38-24-23-35-27-37(28-39(35)40(38)29-42(41)47(55)31(44)4)63-52-50(59-10)49(58-9)48(57-8)33(6)61-52/h1,23-24,29,31-41,43-44,46,48-50,52H,12-13,15,17-22,25-28,30H2,2-10H3/t31-,32?,33?,34?,35-,36+,37-,38-,39-,40-,41+,43+,44+,46+,48+,49?,50+,52+/m1/s1. The van der Waals surface area contributed by atoms with Crippen LogP contribution in [0.2, 0.25) is 0 Å². The number of likely N-dealkylation sites (N-methyl/N-ethyl adjacent to an activating group) is 1. The molecule has 0 N–H and O–H groups in total. The molecule has 4 unspecified atom stereocenters. The van der Waals surface area contributed by atoms with E-state index in [0.29, 0.717) is 32.1 Å². The fraction of sp³-hybridized carbons (Fsp3) is 0.788. The third-order valence-electron chi connectivity index (χ3n) is 15.5. The number of cyclic esters (lactones) is 1. The number of ether oxygens (including phenoxy) is 8. The van der Waals surface area contributed by atoms with Gasteiger partial charge in [0.05, 0.1) is 36.9 Å². The number of Topliss-reactive ketones (excluding diaryl/α,β-unsaturated/α-hetero) is 1. The number of rotatable bonds is 15. The molecule has 0 bridgehead atoms. The first kappa shape index (κ1) is 50.3. The normalized spacial score (nSPS) is 39.3. The second-order valence-electron chi connectivity index (χ2n) is 19.3. The second-order valence-corrected chi connectivity index (χ2v) is 19.3. The van der Waals surface area contributed by atoms with E-state index in [-0.39, 0.29) is 102 Å². The van der Waals surface area contributed by atoms with E-state index >= 15 is 0 Å². The minimum atomic E-state index is -0.623. The minimum absolute atomic E-state index is 0.00398. The maximum absolute atomic E-state index is 14.9. The van der Waals surface area contributed by atoms with Crippen molar-refractivity contribution in [1.82, 2.24) is 4.90 Å². The van der Waals surface area contributed by atoms with Gasteiger partial charge in [0, 0.05) is 59.0 Å². The number of amides is 1. The molecular formula is C52H77NO11. The molecule has 3 heterocycles. The molecule has 0 radical (unpaired) electrons. The van der Waals surface area contributed by atoms with Gasteiger partial charge in [-0.1, -0.05) is 57.8 Å². The Labute approximate surface area is 383 Å². The molecule has 6 aliphatic rings. The Hall–Kier alpha value is -3.07. The Balaban J connectivity index is 1.15. The highest BCUT2D eigenvalue weighted by atomic mass is 16.7. The number of terminal acetylenes is 1. The number of hydrogen-bond acceptors (Lipinski definition) is 11. The average molecular weight is 892 g/mol. The number of allylic oxidation sites excluding steroid dienone is 4. The van der Waals surface area contributed by atoms with Crippen LogP contribution >= 0.6 is 0 Å². The minimum Gasteiger partial charge on any atom is -0.462 e. The van der Waals surface area contributed by atoms with E-state index in [1.807, 2.05) is 32.7 Å². The summed E-state index contributed by atoms with van der Waals surface area (Å²) in [6.07, 6.45) is 18.6. The Morgan fingerprint density at radius 2 is 1.67 bits per heavy atom. The van der Waals surface area contributed by atoms with Gasteiger partial charge in [0.15, 0.2) is 18.4 Å². The molecule has 12 nitrogen and oxygen atoms in total. The number of hydrogen-bond donors (Lipinski definition) is 0. The lowest BCUT2D eigenvalue weighted by Gasteiger charge is -2.44. The van der Waals surface area contributed by atoms with Gasteiger partial charge < -0.3 is 42.8 Å². The first-order valence-electron chi connectivity index (χ1n) is 24.4. The summed E-state index contributed by atoms with van der Waals surface area (Å²) in [5, 5.41) is 0. The second kappa shape index (κ2) is 23.6. The van der Waals surface area contributed by atoms with E-state index in [1.54, 1.807) is 21.3 Å². The maximum atomic E-state index is 14.9. The molecule has 4 fully saturated rings. The summed E-state index contributed by atoms with van der Waals surface area (Å²) >= 11 is 0. The molecule has 0 aromatic heterocycles. The van der Waals surface area contributed by atoms with Gasteiger partial charge >= 0.3 is 5.97 Å². The Morgan fingerprint density at radius 3 is 2.36 bits per heavy atom. The number of esters is 1. The molecule has 1 saturated carbocycles. The molecule has 356 valence electrons. The van der Waals surface area contributed by atoms with Crippen LogP contribution in [0.25, 0.3) is 0 Å². The molecule has 3 saturated heterocycles. The van der Waals surface area contributed by atoms with Crippen LogP contribution in [-0.4, -0.2) is 118 Å². The Morgan fingerprint density at radius 1 is 0.906 bits per heavy atom. The SMILES string of the molecule is C#CC#CCCC(CCCC)C(=O)N(C)[C@H]1CC[C@H](O[C@H]2CCC[C@H](CC)OC(=O)C[C@@H]3C(=C[C@@H]4[C@H]3C=C[C@@H]3C[C@@H](O[C@@H]5OC(C)[C@H](OC)C(OC)[C@@H]5OC)C[C@@H]43)C(=O)[C@@H]2C)OC1C. The summed E-state index contributed by atoms with van der Waals surface area (Å²) < 4.78 is 50.0. The zero-order valence-corrected chi connectivity index (χ0v) is 40.0. The number of methoxy groups -OCH3 is 3. The van der Waals surface area contributed by atoms with Crippen LogP contribution in [0, 0.1) is 65.6 Å². The Kier molecular flexibility index (Phi) is 18.6. The van der Waals surface area contributed by atoms with Crippen molar-refractivity contribution in [2.75, 3.05) is 28.4 Å². The van der Waals surface area contributed by atoms with E-state index < -0.39 is 30.7 Å². The monoisotopic (exact) mass is 892 g/mol. The van der Waals surface area contributed by atoms with E-state index in [1.165, 1.54) is 0 Å². The molecule has 3 aliphatic carbocycles. The van der Waals surface area contributed by atoms with Crippen LogP contribution in [0.3, 0.4) is 0 Å². The topological polar surface area (TPSA) is 128 Å². The number of fused-ring (bicyclic) bond motifs is 5. The van der Waals surface area contributed by atoms with Crippen LogP contribution < -0.4 is 0 Å². The molecule has 0 aromatic rings. The van der Waals surface area contributed by atoms with Crippen LogP contribution in [0.1, 0.15) is 125 Å². The maximum Gasteiger partial charge on any atom is 0.306 e. The van der Waals surface area contributed by atoms with Gasteiger partial charge in [0.25, 0.3) is 0 Å². The number of nitrogens with zero attached hydrogens (tertiary/aromatic N) is 1. The van der Waals surface area contributed by atoms with E-state index in [0.717, 1.165) is 56.9 Å². The van der Waals surface area contributed by atoms with Crippen molar-refractivity contribution in [2.24, 2.45) is 41.4 Å². The summed E-state index contributed by atoms with van der Waals surface area (Å²) in [4.78, 5) is 44.3. The van der Waals surface area contributed by atoms with Crippen LogP contribution in [0.5, 0.6) is 0 Å². The third-order valence-corrected chi connectivity index (χ3v) is 15.5. The molecule has 3 aliphatic heterocycles. The van der Waals surface area contributed by atoms with Crippen molar-refractivity contribution >= 4 is 17.7 Å². The van der Waals surface area contributed by atoms with Crippen molar-refractivity contribution < 1.29 is 52.3 Å². The van der Waals surface area contributed by atoms with Gasteiger partial charge in [-0.05, 0) is 113 Å². The molecular weight excluding hydrogens is 815 g/mol. The van der Waals surface area contributed by atoms with Gasteiger partial charge in [0.2, 0.25) is 5.91 Å². The van der Waals surface area contributed by atoms with Crippen molar-refractivity contribution in [3.8, 4) is 24.2 Å². The highest BCUT2D eigenvalue weighted by Gasteiger charge is 2.53. The molecule has 1 amide bonds. The van der Waals surface area contributed by atoms with Crippen LogP contribution in [0.4, 0.5) is 0 Å². The lowest BCUT2D eigenvalue weighted by molar-refractivity contribution is -0.314. The molecule has 0 spiro atoms. The first-order valence-corrected chi connectivity index (χ1v) is 24.4. The van der Waals surface area contributed by atoms with E-state index in [2.05, 4.69) is 49.8 Å². The number of carbonyl (C=O) groups is 3. The third kappa shape index (κ3) is 11.5. The van der Waals surface area contributed by atoms with E-state index in [4.69, 9.17) is 44.3 Å². The van der Waals surface area contributed by atoms with Gasteiger partial charge in [-0.2, -0.15) is 0 Å². The fourth-order valence-corrected chi connectivity index (χ4v) is 11.9. The fourth-order valence-electron chi connectivity index (χ4n) is 11.9. The van der Waals surface area contributed by atoms with Crippen molar-refractivity contribution in [2.45, 2.75) is 192 Å². The average Bonchev–Trinajstić information content (AvgIpc) is 3.87. The van der Waals surface area contributed by atoms with Gasteiger partial charge in [-0.15, -0.1) is 6.42 Å². The molecule has 0 aromatic carbocycles. The molecule has 6 rings (SSSR count). The Bertz CT molecular complexity index is 1750. The van der Waals surface area contributed by atoms with Crippen molar-refractivity contribution in [3.63, 3.8) is 0 Å². The smallest absolute Gasteiger partial charge is 0.306 e. The van der Waals surface area contributed by atoms with Gasteiger partial charge in [-0.25, -0.2) is 0 Å². The van der Waals surface area contributed by atoms with E-state index in [9.17, 15) is 14.4 Å². The van der Waals surface area contributed by atoms with Crippen molar-refractivity contribution in [3.05, 3.63) is 23.8 Å². The number of ketones is 1. The zero-order valence-electron chi connectivity index (χ0n) is 40.0. The predicted octanol–water partition coefficient (Wildman–Crippen LogP) is 7.61. The predicted molar refractivity (Wildman–Crippen MR) is 242 cm³/mol. The summed E-state index contributed by atoms with van der Waals surface area (Å²) in [6, 6.07) is -0.0979. The molecule has 12 heteroatoms. The lowest BCUT2D eigenvalue weighted by Crippen LogP contribution is -2.59. The quantitative estimate of drug-likeness (QED) is 0.0916. The van der Waals surface area contributed by atoms with Gasteiger partial charge in [-0.3, -0.25) is 14.4 Å². The highest BCUT2D eigenvalue weighted by molar-refractivity contribution is 5.99. The lowest BCUT2D eigenvalue weighted by atomic mass is 9.70. The number of unbranched alkanes of at least 4 members (excludes halogenated alkanes) is 1. The largest absolute Gasteiger partial charge is 0.462 e. The summed E-state index contributed by atoms with van der Waals surface area (Å²) in [5.74, 6) is 7.64. The van der Waals surface area contributed by atoms with Crippen LogP contribution in [-0.2, 0) is 52.3 Å². The zero-order chi connectivity index (χ0) is 46.1. The molecule has 18 atom stereocenters. The van der Waals surface area contributed by atoms with Crippen LogP contribution in [0.15, 0.2) is 23.8 Å². The summed E-state index contributed by atoms with van der Waals surface area (Å²) in [6.45, 7) is 10.2. The summed E-state index contributed by atoms with van der Waals surface area (Å²) in [7, 11) is 6.84. The first-order chi connectivity index (χ1) is 30.9. The summed E-state index contributed by atoms with van der Waals surface area (Å²) in [5.41, 5.74) is 0.717. The number of carbonyl (C=O) groups excluding carboxylic acids is 3. The molecule has 64 heavy (non-hydrogen) atoms. The van der Waals surface area contributed by atoms with Gasteiger partial charge in [0.1, 0.15) is 24.4 Å².